The highest BCUT2D eigenvalue weighted by Crippen LogP contribution is 2.36. The van der Waals surface area contributed by atoms with Crippen molar-refractivity contribution in [3.8, 4) is 0 Å². The zero-order valence-corrected chi connectivity index (χ0v) is 12.1. The number of rotatable bonds is 4. The van der Waals surface area contributed by atoms with Gasteiger partial charge < -0.3 is 9.84 Å². The third-order valence-corrected chi connectivity index (χ3v) is 3.37. The minimum absolute atomic E-state index is 0.111. The van der Waals surface area contributed by atoms with Gasteiger partial charge in [0, 0.05) is 0 Å². The number of nitrogens with zero attached hydrogens (tertiary/aromatic N) is 1. The van der Waals surface area contributed by atoms with Crippen LogP contribution in [0.3, 0.4) is 0 Å². The van der Waals surface area contributed by atoms with Gasteiger partial charge in [0.2, 0.25) is 0 Å². The Balaban J connectivity index is 2.09. The fourth-order valence-corrected chi connectivity index (χ4v) is 2.40. The molecule has 0 aliphatic rings. The number of carboxylic acid groups (broad SMARTS) is 1. The zero-order valence-electron chi connectivity index (χ0n) is 11.3. The number of ether oxygens (including phenoxy) is 1. The van der Waals surface area contributed by atoms with E-state index in [-0.39, 0.29) is 18.1 Å². The molecule has 1 aromatic heterocycles. The second-order valence-electron chi connectivity index (χ2n) is 4.22. The molecule has 6 nitrogen and oxygen atoms in total. The normalized spacial score (nSPS) is 11.1. The number of carbonyl (C=O) groups is 2. The van der Waals surface area contributed by atoms with Crippen molar-refractivity contribution in [3.63, 3.8) is 0 Å². The lowest BCUT2D eigenvalue weighted by Crippen LogP contribution is -2.17. The summed E-state index contributed by atoms with van der Waals surface area (Å²) in [4.78, 5) is 22.6. The molecule has 0 spiro atoms. The second kappa shape index (κ2) is 6.65. The minimum atomic E-state index is -4.93. The Morgan fingerprint density at radius 1 is 1.26 bits per heavy atom. The van der Waals surface area contributed by atoms with Gasteiger partial charge in [-0.3, -0.25) is 5.32 Å². The van der Waals surface area contributed by atoms with Crippen molar-refractivity contribution in [3.05, 3.63) is 47.2 Å². The first-order valence-corrected chi connectivity index (χ1v) is 6.84. The van der Waals surface area contributed by atoms with Crippen LogP contribution < -0.4 is 5.32 Å². The number of halogens is 3. The van der Waals surface area contributed by atoms with Gasteiger partial charge >= 0.3 is 18.2 Å². The first-order valence-electron chi connectivity index (χ1n) is 6.07. The molecule has 0 saturated carbocycles. The van der Waals surface area contributed by atoms with Crippen LogP contribution in [-0.2, 0) is 17.5 Å². The third-order valence-electron chi connectivity index (χ3n) is 2.60. The molecule has 1 heterocycles. The zero-order chi connectivity index (χ0) is 17.0. The van der Waals surface area contributed by atoms with Crippen LogP contribution in [0.15, 0.2) is 30.3 Å². The number of hydrogen-bond acceptors (Lipinski definition) is 5. The molecule has 0 radical (unpaired) electrons. The molecule has 0 aliphatic heterocycles. The third kappa shape index (κ3) is 4.19. The summed E-state index contributed by atoms with van der Waals surface area (Å²) in [6, 6.07) is 8.57. The molecule has 0 bridgehead atoms. The molecule has 0 saturated heterocycles. The number of carboxylic acids is 1. The highest BCUT2D eigenvalue weighted by atomic mass is 32.1. The van der Waals surface area contributed by atoms with Crippen LogP contribution in [0.4, 0.5) is 23.0 Å². The maximum Gasteiger partial charge on any atom is 0.435 e. The van der Waals surface area contributed by atoms with Crippen LogP contribution in [0.1, 0.15) is 21.6 Å². The molecular formula is C13H9F3N2O4S. The Morgan fingerprint density at radius 2 is 1.91 bits per heavy atom. The van der Waals surface area contributed by atoms with Gasteiger partial charge in [-0.15, -0.1) is 0 Å². The van der Waals surface area contributed by atoms with Gasteiger partial charge in [-0.05, 0) is 17.1 Å². The number of nitrogens with one attached hydrogen (secondary N) is 1. The summed E-state index contributed by atoms with van der Waals surface area (Å²) in [5.41, 5.74) is -2.01. The quantitative estimate of drug-likeness (QED) is 0.883. The number of carbonyl (C=O) groups excluding carboxylic acids is 1. The summed E-state index contributed by atoms with van der Waals surface area (Å²) < 4.78 is 45.9. The SMILES string of the molecule is O=C(Nc1snc(C(F)(F)F)c1C(=O)O)OCc1ccccc1. The van der Waals surface area contributed by atoms with Gasteiger partial charge in [-0.2, -0.15) is 17.5 Å². The molecular weight excluding hydrogens is 337 g/mol. The Labute approximate surface area is 131 Å². The summed E-state index contributed by atoms with van der Waals surface area (Å²) >= 11 is 0.219. The topological polar surface area (TPSA) is 88.5 Å². The number of benzene rings is 1. The number of hydrogen-bond donors (Lipinski definition) is 2. The number of aromatic nitrogens is 1. The first kappa shape index (κ1) is 16.7. The van der Waals surface area contributed by atoms with E-state index in [9.17, 15) is 22.8 Å². The van der Waals surface area contributed by atoms with Gasteiger partial charge in [0.1, 0.15) is 17.2 Å². The molecule has 23 heavy (non-hydrogen) atoms. The summed E-state index contributed by atoms with van der Waals surface area (Å²) in [7, 11) is 0. The van der Waals surface area contributed by atoms with Crippen molar-refractivity contribution < 1.29 is 32.6 Å². The van der Waals surface area contributed by atoms with E-state index < -0.39 is 34.5 Å². The van der Waals surface area contributed by atoms with Crippen LogP contribution in [0.2, 0.25) is 0 Å². The summed E-state index contributed by atoms with van der Waals surface area (Å²) in [5.74, 6) is -1.84. The van der Waals surface area contributed by atoms with Crippen molar-refractivity contribution in [2.75, 3.05) is 5.32 Å². The second-order valence-corrected chi connectivity index (χ2v) is 5.00. The van der Waals surface area contributed by atoms with Crippen molar-refractivity contribution in [2.24, 2.45) is 0 Å². The van der Waals surface area contributed by atoms with Gasteiger partial charge in [0.25, 0.3) is 0 Å². The van der Waals surface area contributed by atoms with E-state index >= 15 is 0 Å². The lowest BCUT2D eigenvalue weighted by molar-refractivity contribution is -0.141. The van der Waals surface area contributed by atoms with E-state index in [1.54, 1.807) is 30.3 Å². The Morgan fingerprint density at radius 3 is 2.48 bits per heavy atom. The molecule has 0 atom stereocenters. The first-order chi connectivity index (χ1) is 10.8. The molecule has 1 aromatic carbocycles. The number of amides is 1. The lowest BCUT2D eigenvalue weighted by Gasteiger charge is -2.07. The Hall–Kier alpha value is -2.62. The van der Waals surface area contributed by atoms with E-state index in [1.807, 2.05) is 5.32 Å². The van der Waals surface area contributed by atoms with E-state index in [0.29, 0.717) is 5.56 Å². The van der Waals surface area contributed by atoms with Crippen LogP contribution in [-0.4, -0.2) is 21.5 Å². The molecule has 0 aliphatic carbocycles. The molecule has 2 rings (SSSR count). The number of alkyl halides is 3. The maximum atomic E-state index is 12.7. The highest BCUT2D eigenvalue weighted by molar-refractivity contribution is 7.11. The molecule has 1 amide bonds. The monoisotopic (exact) mass is 346 g/mol. The highest BCUT2D eigenvalue weighted by Gasteiger charge is 2.40. The van der Waals surface area contributed by atoms with Crippen molar-refractivity contribution in [2.45, 2.75) is 12.8 Å². The van der Waals surface area contributed by atoms with Crippen LogP contribution in [0.5, 0.6) is 0 Å². The van der Waals surface area contributed by atoms with Gasteiger partial charge in [0.05, 0.1) is 0 Å². The van der Waals surface area contributed by atoms with Crippen molar-refractivity contribution in [1.29, 1.82) is 0 Å². The minimum Gasteiger partial charge on any atom is -0.478 e. The number of anilines is 1. The molecule has 0 fully saturated rings. The summed E-state index contributed by atoms with van der Waals surface area (Å²) in [6.45, 7) is -0.111. The average Bonchev–Trinajstić information content (AvgIpc) is 2.90. The van der Waals surface area contributed by atoms with Crippen molar-refractivity contribution in [1.82, 2.24) is 4.37 Å². The standard InChI is InChI=1S/C13H9F3N2O4S/c14-13(15,16)9-8(11(19)20)10(23-18-9)17-12(21)22-6-7-4-2-1-3-5-7/h1-5H,6H2,(H,17,21)(H,19,20). The van der Waals surface area contributed by atoms with Crippen LogP contribution in [0.25, 0.3) is 0 Å². The van der Waals surface area contributed by atoms with Crippen LogP contribution >= 0.6 is 11.5 Å². The molecule has 2 N–H and O–H groups in total. The molecule has 2 aromatic rings. The van der Waals surface area contributed by atoms with E-state index in [4.69, 9.17) is 9.84 Å². The molecule has 10 heteroatoms. The maximum absolute atomic E-state index is 12.7. The fourth-order valence-electron chi connectivity index (χ4n) is 1.62. The van der Waals surface area contributed by atoms with E-state index in [0.717, 1.165) is 0 Å². The van der Waals surface area contributed by atoms with E-state index in [2.05, 4.69) is 4.37 Å². The van der Waals surface area contributed by atoms with Gasteiger partial charge in [0.15, 0.2) is 5.69 Å². The average molecular weight is 346 g/mol. The number of aromatic carboxylic acids is 1. The van der Waals surface area contributed by atoms with E-state index in [1.165, 1.54) is 0 Å². The smallest absolute Gasteiger partial charge is 0.435 e. The largest absolute Gasteiger partial charge is 0.478 e. The Bertz CT molecular complexity index is 716. The summed E-state index contributed by atoms with van der Waals surface area (Å²) in [6.07, 6.45) is -6.01. The fraction of sp³-hybridized carbons (Fsp3) is 0.154. The lowest BCUT2D eigenvalue weighted by atomic mass is 10.2. The molecule has 0 unspecified atom stereocenters. The predicted molar refractivity (Wildman–Crippen MR) is 74.3 cm³/mol. The molecule has 122 valence electrons. The van der Waals surface area contributed by atoms with Crippen LogP contribution in [0, 0.1) is 0 Å². The van der Waals surface area contributed by atoms with Gasteiger partial charge in [-0.1, -0.05) is 30.3 Å². The Kier molecular flexibility index (Phi) is 4.84. The predicted octanol–water partition coefficient (Wildman–Crippen LogP) is 3.61. The van der Waals surface area contributed by atoms with Gasteiger partial charge in [-0.25, -0.2) is 9.59 Å². The van der Waals surface area contributed by atoms with Crippen molar-refractivity contribution >= 4 is 28.6 Å². The summed E-state index contributed by atoms with van der Waals surface area (Å²) in [5, 5.41) is 10.3.